The Morgan fingerprint density at radius 2 is 1.92 bits per heavy atom. The van der Waals surface area contributed by atoms with Crippen molar-refractivity contribution in [2.75, 3.05) is 13.1 Å². The van der Waals surface area contributed by atoms with Crippen LogP contribution in [0.25, 0.3) is 0 Å². The minimum absolute atomic E-state index is 0.234. The Morgan fingerprint density at radius 3 is 2.54 bits per heavy atom. The first-order chi connectivity index (χ1) is 11.6. The van der Waals surface area contributed by atoms with Gasteiger partial charge in [0.05, 0.1) is 5.69 Å². The van der Waals surface area contributed by atoms with Crippen LogP contribution in [0.15, 0.2) is 34.9 Å². The lowest BCUT2D eigenvalue weighted by atomic mass is 9.99. The van der Waals surface area contributed by atoms with E-state index in [9.17, 15) is 4.79 Å². The summed E-state index contributed by atoms with van der Waals surface area (Å²) in [6, 6.07) is 10.1. The summed E-state index contributed by atoms with van der Waals surface area (Å²) < 4.78 is 4.96. The van der Waals surface area contributed by atoms with Crippen molar-refractivity contribution in [2.24, 2.45) is 5.92 Å². The Morgan fingerprint density at radius 1 is 1.25 bits per heavy atom. The highest BCUT2D eigenvalue weighted by Crippen LogP contribution is 2.18. The zero-order valence-corrected chi connectivity index (χ0v) is 14.4. The van der Waals surface area contributed by atoms with Crippen molar-refractivity contribution < 1.29 is 9.32 Å². The number of hydrogen-bond acceptors (Lipinski definition) is 4. The van der Waals surface area contributed by atoms with Crippen LogP contribution in [0.5, 0.6) is 0 Å². The summed E-state index contributed by atoms with van der Waals surface area (Å²) in [6.45, 7) is 8.00. The minimum atomic E-state index is -0.234. The molecule has 24 heavy (non-hydrogen) atoms. The molecule has 5 nitrogen and oxygen atoms in total. The third-order valence-electron chi connectivity index (χ3n) is 4.61. The maximum atomic E-state index is 11.9. The Hall–Kier alpha value is -2.14. The Bertz CT molecular complexity index is 670. The number of nitrogens with zero attached hydrogens (tertiary/aromatic N) is 2. The van der Waals surface area contributed by atoms with E-state index in [0.717, 1.165) is 18.0 Å². The highest BCUT2D eigenvalue weighted by molar-refractivity contribution is 5.91. The number of rotatable bonds is 5. The third kappa shape index (κ3) is 4.45. The fourth-order valence-corrected chi connectivity index (χ4v) is 2.98. The zero-order valence-electron chi connectivity index (χ0n) is 14.4. The van der Waals surface area contributed by atoms with E-state index in [0.29, 0.717) is 12.2 Å². The van der Waals surface area contributed by atoms with Gasteiger partial charge < -0.3 is 9.84 Å². The molecule has 2 aromatic rings. The lowest BCUT2D eigenvalue weighted by Crippen LogP contribution is -2.32. The van der Waals surface area contributed by atoms with Gasteiger partial charge in [-0.2, -0.15) is 0 Å². The first kappa shape index (κ1) is 16.7. The second-order valence-corrected chi connectivity index (χ2v) is 6.79. The summed E-state index contributed by atoms with van der Waals surface area (Å²) in [5.41, 5.74) is 3.11. The van der Waals surface area contributed by atoms with Crippen molar-refractivity contribution in [1.82, 2.24) is 15.4 Å². The Kier molecular flexibility index (Phi) is 5.30. The summed E-state index contributed by atoms with van der Waals surface area (Å²) in [5, 5.41) is 6.58. The maximum Gasteiger partial charge on any atom is 0.290 e. The predicted octanol–water partition coefficient (Wildman–Crippen LogP) is 3.14. The molecule has 1 aromatic heterocycles. The van der Waals surface area contributed by atoms with Crippen molar-refractivity contribution in [3.63, 3.8) is 0 Å². The molecule has 1 saturated heterocycles. The van der Waals surface area contributed by atoms with Crippen molar-refractivity contribution >= 4 is 5.91 Å². The summed E-state index contributed by atoms with van der Waals surface area (Å²) >= 11 is 0. The topological polar surface area (TPSA) is 58.4 Å². The van der Waals surface area contributed by atoms with Gasteiger partial charge in [-0.25, -0.2) is 0 Å². The number of piperidine rings is 1. The number of benzene rings is 1. The molecule has 0 atom stereocenters. The molecule has 3 rings (SSSR count). The highest BCUT2D eigenvalue weighted by atomic mass is 16.5. The van der Waals surface area contributed by atoms with Crippen LogP contribution in [0, 0.1) is 12.8 Å². The summed E-state index contributed by atoms with van der Waals surface area (Å²) in [4.78, 5) is 14.5. The molecule has 1 fully saturated rings. The molecule has 0 unspecified atom stereocenters. The average molecular weight is 327 g/mol. The quantitative estimate of drug-likeness (QED) is 0.916. The first-order valence-electron chi connectivity index (χ1n) is 8.62. The molecule has 0 bridgehead atoms. The van der Waals surface area contributed by atoms with E-state index in [1.165, 1.54) is 31.5 Å². The number of hydrogen-bond donors (Lipinski definition) is 1. The van der Waals surface area contributed by atoms with Crippen LogP contribution in [-0.4, -0.2) is 29.1 Å². The second-order valence-electron chi connectivity index (χ2n) is 6.79. The van der Waals surface area contributed by atoms with Crippen LogP contribution in [0.4, 0.5) is 0 Å². The monoisotopic (exact) mass is 327 g/mol. The van der Waals surface area contributed by atoms with Crippen molar-refractivity contribution in [3.05, 3.63) is 52.9 Å². The molecule has 1 aromatic carbocycles. The number of likely N-dealkylation sites (tertiary alicyclic amines) is 1. The molecule has 1 aliphatic rings. The summed E-state index contributed by atoms with van der Waals surface area (Å²) in [6.07, 6.45) is 2.59. The van der Waals surface area contributed by atoms with Crippen LogP contribution in [-0.2, 0) is 13.1 Å². The lowest BCUT2D eigenvalue weighted by molar-refractivity contribution is 0.0914. The van der Waals surface area contributed by atoms with Crippen LogP contribution < -0.4 is 5.32 Å². The Balaban J connectivity index is 1.48. The summed E-state index contributed by atoms with van der Waals surface area (Å²) in [7, 11) is 0. The van der Waals surface area contributed by atoms with Gasteiger partial charge in [0.15, 0.2) is 0 Å². The largest absolute Gasteiger partial charge is 0.351 e. The van der Waals surface area contributed by atoms with Crippen LogP contribution >= 0.6 is 0 Å². The molecule has 5 heteroatoms. The summed E-state index contributed by atoms with van der Waals surface area (Å²) in [5.74, 6) is 0.881. The van der Waals surface area contributed by atoms with E-state index in [-0.39, 0.29) is 11.7 Å². The van der Waals surface area contributed by atoms with Gasteiger partial charge in [0, 0.05) is 19.2 Å². The average Bonchev–Trinajstić information content (AvgIpc) is 3.03. The Labute approximate surface area is 143 Å². The zero-order chi connectivity index (χ0) is 16.9. The molecule has 2 heterocycles. The first-order valence-corrected chi connectivity index (χ1v) is 8.62. The predicted molar refractivity (Wildman–Crippen MR) is 92.5 cm³/mol. The number of carbonyl (C=O) groups is 1. The van der Waals surface area contributed by atoms with E-state index >= 15 is 0 Å². The highest BCUT2D eigenvalue weighted by Gasteiger charge is 2.15. The molecular weight excluding hydrogens is 302 g/mol. The smallest absolute Gasteiger partial charge is 0.290 e. The molecule has 1 amide bonds. The molecule has 1 aliphatic heterocycles. The standard InChI is InChI=1S/C19H25N3O2/c1-14-7-9-22(10-8-14)13-17-5-3-16(4-6-17)12-20-19(23)18-11-15(2)21-24-18/h3-6,11,14H,7-10,12-13H2,1-2H3,(H,20,23). The number of amides is 1. The van der Waals surface area contributed by atoms with E-state index < -0.39 is 0 Å². The molecule has 0 spiro atoms. The van der Waals surface area contributed by atoms with Gasteiger partial charge >= 0.3 is 0 Å². The van der Waals surface area contributed by atoms with Crippen molar-refractivity contribution in [3.8, 4) is 0 Å². The molecule has 0 aliphatic carbocycles. The van der Waals surface area contributed by atoms with Crippen molar-refractivity contribution in [2.45, 2.75) is 39.8 Å². The number of aromatic nitrogens is 1. The third-order valence-corrected chi connectivity index (χ3v) is 4.61. The van der Waals surface area contributed by atoms with Gasteiger partial charge in [-0.1, -0.05) is 36.3 Å². The van der Waals surface area contributed by atoms with E-state index in [1.54, 1.807) is 13.0 Å². The minimum Gasteiger partial charge on any atom is -0.351 e. The number of aryl methyl sites for hydroxylation is 1. The maximum absolute atomic E-state index is 11.9. The molecule has 0 radical (unpaired) electrons. The second kappa shape index (κ2) is 7.62. The number of carbonyl (C=O) groups excluding carboxylic acids is 1. The molecular formula is C19H25N3O2. The van der Waals surface area contributed by atoms with E-state index in [1.807, 2.05) is 0 Å². The van der Waals surface area contributed by atoms with E-state index in [4.69, 9.17) is 4.52 Å². The molecule has 1 N–H and O–H groups in total. The lowest BCUT2D eigenvalue weighted by Gasteiger charge is -2.30. The van der Waals surface area contributed by atoms with Gasteiger partial charge in [0.1, 0.15) is 0 Å². The van der Waals surface area contributed by atoms with Gasteiger partial charge in [-0.3, -0.25) is 9.69 Å². The van der Waals surface area contributed by atoms with Crippen LogP contribution in [0.2, 0.25) is 0 Å². The fraction of sp³-hybridized carbons (Fsp3) is 0.474. The SMILES string of the molecule is Cc1cc(C(=O)NCc2ccc(CN3CCC(C)CC3)cc2)on1. The normalized spacial score (nSPS) is 16.2. The number of nitrogens with one attached hydrogen (secondary N) is 1. The molecule has 0 saturated carbocycles. The van der Waals surface area contributed by atoms with Crippen LogP contribution in [0.3, 0.4) is 0 Å². The van der Waals surface area contributed by atoms with Gasteiger partial charge in [-0.15, -0.1) is 0 Å². The fourth-order valence-electron chi connectivity index (χ4n) is 2.98. The van der Waals surface area contributed by atoms with Crippen molar-refractivity contribution in [1.29, 1.82) is 0 Å². The molecule has 128 valence electrons. The van der Waals surface area contributed by atoms with Gasteiger partial charge in [-0.05, 0) is 49.9 Å². The van der Waals surface area contributed by atoms with Gasteiger partial charge in [0.25, 0.3) is 5.91 Å². The van der Waals surface area contributed by atoms with Crippen LogP contribution in [0.1, 0.15) is 47.1 Å². The van der Waals surface area contributed by atoms with E-state index in [2.05, 4.69) is 46.6 Å². The van der Waals surface area contributed by atoms with Gasteiger partial charge in [0.2, 0.25) is 5.76 Å².